The number of ketones is 1. The van der Waals surface area contributed by atoms with E-state index < -0.39 is 75.1 Å². The van der Waals surface area contributed by atoms with Crippen LogP contribution in [0.1, 0.15) is 65.7 Å². The van der Waals surface area contributed by atoms with Gasteiger partial charge in [0.05, 0.1) is 10.9 Å². The second kappa shape index (κ2) is 15.0. The molecule has 14 heteroatoms. The van der Waals surface area contributed by atoms with Gasteiger partial charge in [0, 0.05) is 31.6 Å². The molecule has 5 atom stereocenters. The summed E-state index contributed by atoms with van der Waals surface area (Å²) in [6.07, 6.45) is 6.25. The van der Waals surface area contributed by atoms with Crippen LogP contribution in [0, 0.1) is 17.3 Å². The average Bonchev–Trinajstić information content (AvgIpc) is 3.45. The molecule has 2 unspecified atom stereocenters. The Morgan fingerprint density at radius 2 is 1.68 bits per heavy atom. The monoisotopic (exact) mass is 672 g/mol. The van der Waals surface area contributed by atoms with Gasteiger partial charge in [-0.15, -0.1) is 6.58 Å². The van der Waals surface area contributed by atoms with Crippen LogP contribution in [-0.2, 0) is 29.2 Å². The first-order chi connectivity index (χ1) is 22.1. The molecule has 2 aliphatic heterocycles. The molecule has 4 rings (SSSR count). The molecule has 5 amide bonds. The Morgan fingerprint density at radius 3 is 2.26 bits per heavy atom. The highest BCUT2D eigenvalue weighted by atomic mass is 32.2. The largest absolute Gasteiger partial charge is 0.363 e. The number of urea groups is 1. The van der Waals surface area contributed by atoms with Crippen LogP contribution in [0.15, 0.2) is 47.9 Å². The number of sulfonamides is 1. The predicted octanol–water partition coefficient (Wildman–Crippen LogP) is 1.69. The van der Waals surface area contributed by atoms with Gasteiger partial charge in [-0.25, -0.2) is 13.2 Å². The lowest BCUT2D eigenvalue weighted by Gasteiger charge is -2.37. The van der Waals surface area contributed by atoms with E-state index in [0.717, 1.165) is 19.3 Å². The van der Waals surface area contributed by atoms with E-state index in [1.54, 1.807) is 45.0 Å². The van der Waals surface area contributed by atoms with Gasteiger partial charge in [-0.05, 0) is 49.1 Å². The van der Waals surface area contributed by atoms with Gasteiger partial charge >= 0.3 is 6.03 Å². The molecule has 5 N–H and O–H groups in total. The number of primary amides is 1. The molecular formula is C33H48N6O7S. The van der Waals surface area contributed by atoms with Gasteiger partial charge in [0.2, 0.25) is 27.6 Å². The zero-order chi connectivity index (χ0) is 34.5. The van der Waals surface area contributed by atoms with Crippen molar-refractivity contribution in [2.45, 2.75) is 94.8 Å². The summed E-state index contributed by atoms with van der Waals surface area (Å²) in [7, 11) is -3.74. The number of piperidine rings is 1. The van der Waals surface area contributed by atoms with Gasteiger partial charge in [-0.1, -0.05) is 64.3 Å². The molecule has 1 aromatic carbocycles. The molecule has 3 fully saturated rings. The Kier molecular flexibility index (Phi) is 11.5. The SMILES string of the molecule is C=C[C@H]1CCN(C(=O)[C@@H](NC(=O)NC2CCCN(S(=O)(=O)c3ccccc3)C2)C(C)(C)C)[C@@H]1C(=O)NC(CC1CCC1)C(=O)C(N)=O. The quantitative estimate of drug-likeness (QED) is 0.192. The Hall–Kier alpha value is -3.78. The number of amides is 5. The van der Waals surface area contributed by atoms with E-state index in [1.807, 2.05) is 0 Å². The maximum Gasteiger partial charge on any atom is 0.315 e. The summed E-state index contributed by atoms with van der Waals surface area (Å²) in [6.45, 7) is 9.85. The summed E-state index contributed by atoms with van der Waals surface area (Å²) in [5, 5.41) is 8.35. The number of rotatable bonds is 12. The number of benzene rings is 1. The highest BCUT2D eigenvalue weighted by Crippen LogP contribution is 2.32. The fourth-order valence-electron chi connectivity index (χ4n) is 6.56. The minimum absolute atomic E-state index is 0.0835. The first-order valence-corrected chi connectivity index (χ1v) is 17.8. The molecular weight excluding hydrogens is 624 g/mol. The van der Waals surface area contributed by atoms with Crippen LogP contribution in [0.2, 0.25) is 0 Å². The van der Waals surface area contributed by atoms with Crippen molar-refractivity contribution in [3.63, 3.8) is 0 Å². The third-order valence-corrected chi connectivity index (χ3v) is 11.3. The molecule has 1 saturated carbocycles. The van der Waals surface area contributed by atoms with Crippen molar-refractivity contribution in [2.24, 2.45) is 23.0 Å². The maximum atomic E-state index is 14.1. The first-order valence-electron chi connectivity index (χ1n) is 16.3. The van der Waals surface area contributed by atoms with E-state index in [9.17, 15) is 32.4 Å². The Labute approximate surface area is 277 Å². The van der Waals surface area contributed by atoms with Crippen molar-refractivity contribution in [2.75, 3.05) is 19.6 Å². The van der Waals surface area contributed by atoms with Crippen LogP contribution in [0.4, 0.5) is 4.79 Å². The van der Waals surface area contributed by atoms with Gasteiger partial charge in [-0.3, -0.25) is 19.2 Å². The zero-order valence-electron chi connectivity index (χ0n) is 27.4. The smallest absolute Gasteiger partial charge is 0.315 e. The minimum Gasteiger partial charge on any atom is -0.363 e. The number of likely N-dealkylation sites (tertiary alicyclic amines) is 1. The maximum absolute atomic E-state index is 14.1. The van der Waals surface area contributed by atoms with Crippen LogP contribution in [0.25, 0.3) is 0 Å². The van der Waals surface area contributed by atoms with Gasteiger partial charge in [0.1, 0.15) is 12.1 Å². The van der Waals surface area contributed by atoms with Gasteiger partial charge in [0.15, 0.2) is 0 Å². The second-order valence-corrected chi connectivity index (χ2v) is 15.9. The van der Waals surface area contributed by atoms with Crippen molar-refractivity contribution >= 4 is 39.6 Å². The minimum atomic E-state index is -3.74. The Bertz CT molecular complexity index is 1460. The number of Topliss-reactive ketones (excluding diaryl/α,β-unsaturated/α-hetero) is 1. The van der Waals surface area contributed by atoms with Crippen molar-refractivity contribution in [3.8, 4) is 0 Å². The molecule has 1 aliphatic carbocycles. The Morgan fingerprint density at radius 1 is 1.00 bits per heavy atom. The number of nitrogens with two attached hydrogens (primary N) is 1. The fourth-order valence-corrected chi connectivity index (χ4v) is 8.11. The van der Waals surface area contributed by atoms with Crippen LogP contribution >= 0.6 is 0 Å². The standard InChI is InChI=1S/C33H48N6O7S/c1-5-22-16-18-39(26(22)30(42)36-25(27(40)29(34)41)19-21-11-9-12-21)31(43)28(33(2,3)4)37-32(44)35-23-13-10-17-38(20-23)47(45,46)24-14-7-6-8-15-24/h5-8,14-15,21-23,25-26,28H,1,9-13,16-20H2,2-4H3,(H2,34,41)(H,36,42)(H2,35,37,44)/t22-,23?,25?,26-,28+/m0/s1. The molecule has 3 aliphatic rings. The third-order valence-electron chi connectivity index (χ3n) is 9.46. The van der Waals surface area contributed by atoms with Crippen molar-refractivity contribution in [1.82, 2.24) is 25.2 Å². The molecule has 1 aromatic rings. The number of nitrogens with one attached hydrogen (secondary N) is 3. The van der Waals surface area contributed by atoms with Crippen LogP contribution in [-0.4, -0.2) is 91.0 Å². The second-order valence-electron chi connectivity index (χ2n) is 13.9. The molecule has 0 aromatic heterocycles. The van der Waals surface area contributed by atoms with Crippen molar-refractivity contribution in [1.29, 1.82) is 0 Å². The molecule has 0 bridgehead atoms. The molecule has 2 saturated heterocycles. The van der Waals surface area contributed by atoms with Crippen LogP contribution in [0.3, 0.4) is 0 Å². The number of hydrogen-bond donors (Lipinski definition) is 4. The van der Waals surface area contributed by atoms with Crippen LogP contribution < -0.4 is 21.7 Å². The van der Waals surface area contributed by atoms with Crippen molar-refractivity contribution < 1.29 is 32.4 Å². The number of carbonyl (C=O) groups excluding carboxylic acids is 5. The van der Waals surface area contributed by atoms with E-state index in [4.69, 9.17) is 5.73 Å². The molecule has 258 valence electrons. The summed E-state index contributed by atoms with van der Waals surface area (Å²) in [6, 6.07) is 3.87. The summed E-state index contributed by atoms with van der Waals surface area (Å²) in [5.41, 5.74) is 4.52. The topological polar surface area (TPSA) is 188 Å². The number of nitrogens with zero attached hydrogens (tertiary/aromatic N) is 2. The summed E-state index contributed by atoms with van der Waals surface area (Å²) < 4.78 is 27.7. The van der Waals surface area contributed by atoms with E-state index in [2.05, 4.69) is 22.5 Å². The molecule has 2 heterocycles. The third kappa shape index (κ3) is 8.58. The number of hydrogen-bond acceptors (Lipinski definition) is 7. The lowest BCUT2D eigenvalue weighted by molar-refractivity contribution is -0.144. The van der Waals surface area contributed by atoms with Gasteiger partial charge < -0.3 is 26.6 Å². The lowest BCUT2D eigenvalue weighted by Crippen LogP contribution is -2.61. The van der Waals surface area contributed by atoms with E-state index in [1.165, 1.54) is 21.3 Å². The van der Waals surface area contributed by atoms with E-state index in [0.29, 0.717) is 32.2 Å². The Balaban J connectivity index is 1.46. The number of carbonyl (C=O) groups is 5. The average molecular weight is 673 g/mol. The summed E-state index contributed by atoms with van der Waals surface area (Å²) >= 11 is 0. The highest BCUT2D eigenvalue weighted by Gasteiger charge is 2.46. The molecule has 0 spiro atoms. The van der Waals surface area contributed by atoms with Gasteiger partial charge in [0.25, 0.3) is 5.91 Å². The highest BCUT2D eigenvalue weighted by molar-refractivity contribution is 7.89. The normalized spacial score (nSPS) is 23.6. The summed E-state index contributed by atoms with van der Waals surface area (Å²) in [5.74, 6) is -3.29. The van der Waals surface area contributed by atoms with Gasteiger partial charge in [-0.2, -0.15) is 4.31 Å². The molecule has 47 heavy (non-hydrogen) atoms. The zero-order valence-corrected chi connectivity index (χ0v) is 28.3. The van der Waals surface area contributed by atoms with Crippen molar-refractivity contribution in [3.05, 3.63) is 43.0 Å². The molecule has 13 nitrogen and oxygen atoms in total. The fraction of sp³-hybridized carbons (Fsp3) is 0.606. The summed E-state index contributed by atoms with van der Waals surface area (Å²) in [4.78, 5) is 67.2. The first kappa shape index (κ1) is 36.1. The van der Waals surface area contributed by atoms with E-state index in [-0.39, 0.29) is 23.9 Å². The van der Waals surface area contributed by atoms with Crippen LogP contribution in [0.5, 0.6) is 0 Å². The molecule has 0 radical (unpaired) electrons. The van der Waals surface area contributed by atoms with E-state index >= 15 is 0 Å². The predicted molar refractivity (Wildman–Crippen MR) is 175 cm³/mol. The lowest BCUT2D eigenvalue weighted by atomic mass is 9.80.